The maximum atomic E-state index is 12.7. The first-order valence-corrected chi connectivity index (χ1v) is 9.25. The molecular weight excluding hydrogens is 344 g/mol. The molecule has 4 rings (SSSR count). The highest BCUT2D eigenvalue weighted by Crippen LogP contribution is 2.21. The predicted molar refractivity (Wildman–Crippen MR) is 93.0 cm³/mol. The average Bonchev–Trinajstić information content (AvgIpc) is 2.98. The number of aromatic nitrogens is 4. The Bertz CT molecular complexity index is 1210. The number of benzene rings is 2. The van der Waals surface area contributed by atoms with Crippen LogP contribution < -0.4 is 0 Å². The summed E-state index contributed by atoms with van der Waals surface area (Å²) in [6, 6.07) is 15.7. The Labute approximate surface area is 142 Å². The quantitative estimate of drug-likeness (QED) is 0.571. The molecule has 0 amide bonds. The fourth-order valence-corrected chi connectivity index (χ4v) is 4.17. The Balaban J connectivity index is 1.95. The SMILES string of the molecule is O=S(=O)(Cc1nc2ccccc2n2c(=S)[nH]nc12)c1ccccc1. The number of aromatic amines is 1. The molecule has 0 saturated heterocycles. The molecule has 0 bridgehead atoms. The van der Waals surface area contributed by atoms with Crippen molar-refractivity contribution in [3.8, 4) is 0 Å². The van der Waals surface area contributed by atoms with Crippen molar-refractivity contribution in [3.05, 3.63) is 65.1 Å². The average molecular weight is 356 g/mol. The predicted octanol–water partition coefficient (Wildman–Crippen LogP) is 2.91. The van der Waals surface area contributed by atoms with E-state index in [1.807, 2.05) is 24.3 Å². The van der Waals surface area contributed by atoms with Crippen LogP contribution in [0.3, 0.4) is 0 Å². The van der Waals surface area contributed by atoms with Crippen molar-refractivity contribution in [1.82, 2.24) is 19.6 Å². The largest absolute Gasteiger partial charge is 0.265 e. The molecule has 2 heterocycles. The van der Waals surface area contributed by atoms with Gasteiger partial charge in [-0.2, -0.15) is 5.10 Å². The highest BCUT2D eigenvalue weighted by molar-refractivity contribution is 7.90. The van der Waals surface area contributed by atoms with Crippen LogP contribution in [0.2, 0.25) is 0 Å². The summed E-state index contributed by atoms with van der Waals surface area (Å²) in [6.07, 6.45) is 0. The summed E-state index contributed by atoms with van der Waals surface area (Å²) in [5.41, 5.74) is 2.25. The fourth-order valence-electron chi connectivity index (χ4n) is 2.65. The van der Waals surface area contributed by atoms with Gasteiger partial charge in [0, 0.05) is 0 Å². The molecule has 0 aliphatic rings. The second-order valence-electron chi connectivity index (χ2n) is 5.31. The Hall–Kier alpha value is -2.58. The zero-order valence-corrected chi connectivity index (χ0v) is 14.0. The second-order valence-corrected chi connectivity index (χ2v) is 7.68. The summed E-state index contributed by atoms with van der Waals surface area (Å²) in [5, 5.41) is 6.88. The van der Waals surface area contributed by atoms with Crippen LogP contribution in [0, 0.1) is 4.77 Å². The monoisotopic (exact) mass is 356 g/mol. The Morgan fingerprint density at radius 1 is 1.04 bits per heavy atom. The number of rotatable bonds is 3. The van der Waals surface area contributed by atoms with Gasteiger partial charge in [0.2, 0.25) is 0 Å². The van der Waals surface area contributed by atoms with E-state index < -0.39 is 9.84 Å². The lowest BCUT2D eigenvalue weighted by molar-refractivity contribution is 0.595. The number of nitrogens with one attached hydrogen (secondary N) is 1. The van der Waals surface area contributed by atoms with E-state index in [1.165, 1.54) is 0 Å². The van der Waals surface area contributed by atoms with E-state index in [9.17, 15) is 8.42 Å². The number of H-pyrrole nitrogens is 1. The molecule has 1 N–H and O–H groups in total. The van der Waals surface area contributed by atoms with Gasteiger partial charge in [-0.15, -0.1) is 0 Å². The van der Waals surface area contributed by atoms with Crippen molar-refractivity contribution in [2.24, 2.45) is 0 Å². The molecule has 0 spiro atoms. The van der Waals surface area contributed by atoms with Crippen LogP contribution in [0.25, 0.3) is 16.7 Å². The normalized spacial score (nSPS) is 12.0. The molecule has 0 saturated carbocycles. The van der Waals surface area contributed by atoms with Gasteiger partial charge in [0.25, 0.3) is 0 Å². The molecule has 24 heavy (non-hydrogen) atoms. The van der Waals surface area contributed by atoms with Crippen LogP contribution in [0.5, 0.6) is 0 Å². The lowest BCUT2D eigenvalue weighted by Crippen LogP contribution is -2.09. The molecule has 0 unspecified atom stereocenters. The van der Waals surface area contributed by atoms with Crippen molar-refractivity contribution >= 4 is 38.7 Å². The Kier molecular flexibility index (Phi) is 3.43. The second kappa shape index (κ2) is 5.50. The highest BCUT2D eigenvalue weighted by Gasteiger charge is 2.20. The summed E-state index contributed by atoms with van der Waals surface area (Å²) in [6.45, 7) is 0. The number of hydrogen-bond donors (Lipinski definition) is 1. The summed E-state index contributed by atoms with van der Waals surface area (Å²) in [5.74, 6) is -0.245. The molecule has 6 nitrogen and oxygen atoms in total. The van der Waals surface area contributed by atoms with Gasteiger partial charge in [-0.05, 0) is 36.5 Å². The Morgan fingerprint density at radius 3 is 2.54 bits per heavy atom. The van der Waals surface area contributed by atoms with Gasteiger partial charge in [0.1, 0.15) is 11.4 Å². The van der Waals surface area contributed by atoms with Gasteiger partial charge in [-0.3, -0.25) is 9.50 Å². The third-order valence-electron chi connectivity index (χ3n) is 3.74. The van der Waals surface area contributed by atoms with Gasteiger partial charge in [-0.25, -0.2) is 13.4 Å². The van der Waals surface area contributed by atoms with Crippen molar-refractivity contribution < 1.29 is 8.42 Å². The maximum Gasteiger partial charge on any atom is 0.200 e. The molecule has 4 aromatic rings. The first-order chi connectivity index (χ1) is 11.6. The van der Waals surface area contributed by atoms with Crippen molar-refractivity contribution in [1.29, 1.82) is 0 Å². The van der Waals surface area contributed by atoms with Crippen LogP contribution in [0.15, 0.2) is 59.5 Å². The van der Waals surface area contributed by atoms with Crippen LogP contribution in [0.1, 0.15) is 5.69 Å². The maximum absolute atomic E-state index is 12.7. The number of sulfone groups is 1. The van der Waals surface area contributed by atoms with E-state index >= 15 is 0 Å². The summed E-state index contributed by atoms with van der Waals surface area (Å²) in [7, 11) is -3.53. The molecule has 0 aliphatic heterocycles. The van der Waals surface area contributed by atoms with E-state index in [0.29, 0.717) is 21.6 Å². The zero-order chi connectivity index (χ0) is 16.7. The molecule has 0 aliphatic carbocycles. The summed E-state index contributed by atoms with van der Waals surface area (Å²) < 4.78 is 27.5. The first-order valence-electron chi connectivity index (χ1n) is 7.19. The van der Waals surface area contributed by atoms with Crippen LogP contribution in [-0.4, -0.2) is 28.0 Å². The van der Waals surface area contributed by atoms with E-state index in [-0.39, 0.29) is 10.6 Å². The molecule has 8 heteroatoms. The van der Waals surface area contributed by atoms with Crippen LogP contribution in [0.4, 0.5) is 0 Å². The number of hydrogen-bond acceptors (Lipinski definition) is 5. The van der Waals surface area contributed by atoms with Gasteiger partial charge in [-0.1, -0.05) is 30.3 Å². The van der Waals surface area contributed by atoms with Crippen molar-refractivity contribution in [2.45, 2.75) is 10.6 Å². The van der Waals surface area contributed by atoms with Crippen LogP contribution in [-0.2, 0) is 15.6 Å². The standard InChI is InChI=1S/C16H12N4O2S2/c21-24(22,11-6-2-1-3-7-11)10-13-15-18-19-16(23)20(15)14-9-5-4-8-12(14)17-13/h1-9H,10H2,(H,19,23). The van der Waals surface area contributed by atoms with Crippen molar-refractivity contribution in [3.63, 3.8) is 0 Å². The van der Waals surface area contributed by atoms with E-state index in [2.05, 4.69) is 15.2 Å². The minimum Gasteiger partial charge on any atom is -0.265 e. The summed E-state index contributed by atoms with van der Waals surface area (Å²) >= 11 is 5.28. The highest BCUT2D eigenvalue weighted by atomic mass is 32.2. The first kappa shape index (κ1) is 15.0. The number of nitrogens with zero attached hydrogens (tertiary/aromatic N) is 3. The minimum absolute atomic E-state index is 0.245. The van der Waals surface area contributed by atoms with Gasteiger partial charge < -0.3 is 0 Å². The van der Waals surface area contributed by atoms with Crippen molar-refractivity contribution in [2.75, 3.05) is 0 Å². The topological polar surface area (TPSA) is 80.1 Å². The molecule has 0 radical (unpaired) electrons. The molecular formula is C16H12N4O2S2. The molecule has 2 aromatic carbocycles. The van der Waals surface area contributed by atoms with E-state index in [4.69, 9.17) is 12.2 Å². The zero-order valence-electron chi connectivity index (χ0n) is 12.4. The lowest BCUT2D eigenvalue weighted by Gasteiger charge is -2.07. The minimum atomic E-state index is -3.53. The van der Waals surface area contributed by atoms with Gasteiger partial charge in [0.15, 0.2) is 20.3 Å². The van der Waals surface area contributed by atoms with E-state index in [1.54, 1.807) is 34.7 Å². The Morgan fingerprint density at radius 2 is 1.75 bits per heavy atom. The third kappa shape index (κ3) is 2.40. The lowest BCUT2D eigenvalue weighted by atomic mass is 10.3. The third-order valence-corrected chi connectivity index (χ3v) is 5.66. The molecule has 2 aromatic heterocycles. The van der Waals surface area contributed by atoms with Gasteiger partial charge >= 0.3 is 0 Å². The fraction of sp³-hybridized carbons (Fsp3) is 0.0625. The van der Waals surface area contributed by atoms with E-state index in [0.717, 1.165) is 5.52 Å². The molecule has 0 atom stereocenters. The van der Waals surface area contributed by atoms with Crippen LogP contribution >= 0.6 is 12.2 Å². The molecule has 120 valence electrons. The number of para-hydroxylation sites is 2. The van der Waals surface area contributed by atoms with Gasteiger partial charge in [0.05, 0.1) is 15.9 Å². The number of fused-ring (bicyclic) bond motifs is 3. The molecule has 0 fully saturated rings. The summed E-state index contributed by atoms with van der Waals surface area (Å²) in [4.78, 5) is 4.76. The smallest absolute Gasteiger partial charge is 0.200 e.